The second-order valence-electron chi connectivity index (χ2n) is 4.80. The van der Waals surface area contributed by atoms with E-state index in [1.54, 1.807) is 0 Å². The van der Waals surface area contributed by atoms with E-state index in [0.717, 1.165) is 18.4 Å². The smallest absolute Gasteiger partial charge is 0.320 e. The molecule has 18 heavy (non-hydrogen) atoms. The molecule has 0 saturated heterocycles. The molecule has 0 unspecified atom stereocenters. The van der Waals surface area contributed by atoms with Crippen LogP contribution in [0.15, 0.2) is 12.2 Å². The van der Waals surface area contributed by atoms with Crippen LogP contribution < -0.4 is 0 Å². The van der Waals surface area contributed by atoms with Gasteiger partial charge in [0.05, 0.1) is 14.2 Å². The Morgan fingerprint density at radius 2 is 1.61 bits per heavy atom. The SMILES string of the molecule is C=C(CC(C(=O)OC)C(=O)OC)C1CCCCC1. The number of esters is 2. The van der Waals surface area contributed by atoms with Crippen molar-refractivity contribution >= 4 is 11.9 Å². The van der Waals surface area contributed by atoms with Crippen LogP contribution in [0.2, 0.25) is 0 Å². The van der Waals surface area contributed by atoms with E-state index in [9.17, 15) is 9.59 Å². The number of carbonyl (C=O) groups is 2. The van der Waals surface area contributed by atoms with Gasteiger partial charge in [0, 0.05) is 0 Å². The maximum Gasteiger partial charge on any atom is 0.320 e. The maximum atomic E-state index is 11.6. The monoisotopic (exact) mass is 254 g/mol. The number of carbonyl (C=O) groups excluding carboxylic acids is 2. The van der Waals surface area contributed by atoms with E-state index in [1.807, 2.05) is 0 Å². The highest BCUT2D eigenvalue weighted by Crippen LogP contribution is 2.32. The van der Waals surface area contributed by atoms with E-state index in [0.29, 0.717) is 12.3 Å². The Labute approximate surface area is 108 Å². The molecule has 0 spiro atoms. The molecule has 1 fully saturated rings. The van der Waals surface area contributed by atoms with E-state index in [2.05, 4.69) is 16.1 Å². The Balaban J connectivity index is 2.61. The van der Waals surface area contributed by atoms with Crippen LogP contribution in [-0.4, -0.2) is 26.2 Å². The van der Waals surface area contributed by atoms with Crippen molar-refractivity contribution in [1.29, 1.82) is 0 Å². The first-order valence-electron chi connectivity index (χ1n) is 6.43. The molecular weight excluding hydrogens is 232 g/mol. The average molecular weight is 254 g/mol. The molecule has 0 aliphatic heterocycles. The quantitative estimate of drug-likeness (QED) is 0.429. The lowest BCUT2D eigenvalue weighted by atomic mass is 9.81. The lowest BCUT2D eigenvalue weighted by Crippen LogP contribution is -2.28. The van der Waals surface area contributed by atoms with Crippen molar-refractivity contribution in [3.05, 3.63) is 12.2 Å². The molecule has 0 N–H and O–H groups in total. The van der Waals surface area contributed by atoms with Crippen LogP contribution in [0.3, 0.4) is 0 Å². The van der Waals surface area contributed by atoms with Gasteiger partial charge in [-0.3, -0.25) is 9.59 Å². The molecule has 1 rings (SSSR count). The summed E-state index contributed by atoms with van der Waals surface area (Å²) < 4.78 is 9.29. The Morgan fingerprint density at radius 1 is 1.11 bits per heavy atom. The van der Waals surface area contributed by atoms with E-state index in [4.69, 9.17) is 0 Å². The molecular formula is C14H22O4. The van der Waals surface area contributed by atoms with Crippen molar-refractivity contribution < 1.29 is 19.1 Å². The van der Waals surface area contributed by atoms with Crippen molar-refractivity contribution in [3.63, 3.8) is 0 Å². The number of hydrogen-bond donors (Lipinski definition) is 0. The molecule has 0 amide bonds. The van der Waals surface area contributed by atoms with Crippen molar-refractivity contribution in [1.82, 2.24) is 0 Å². The number of ether oxygens (including phenoxy) is 2. The zero-order valence-electron chi connectivity index (χ0n) is 11.2. The normalized spacial score (nSPS) is 16.4. The van der Waals surface area contributed by atoms with Crippen molar-refractivity contribution in [2.24, 2.45) is 11.8 Å². The fraction of sp³-hybridized carbons (Fsp3) is 0.714. The predicted molar refractivity (Wildman–Crippen MR) is 67.9 cm³/mol. The number of methoxy groups -OCH3 is 2. The average Bonchev–Trinajstić information content (AvgIpc) is 2.43. The van der Waals surface area contributed by atoms with Gasteiger partial charge in [0.25, 0.3) is 0 Å². The Bertz CT molecular complexity index is 300. The molecule has 4 nitrogen and oxygen atoms in total. The van der Waals surface area contributed by atoms with Crippen LogP contribution in [-0.2, 0) is 19.1 Å². The summed E-state index contributed by atoms with van der Waals surface area (Å²) in [6, 6.07) is 0. The second-order valence-corrected chi connectivity index (χ2v) is 4.80. The summed E-state index contributed by atoms with van der Waals surface area (Å²) in [5, 5.41) is 0. The van der Waals surface area contributed by atoms with Gasteiger partial charge in [-0.1, -0.05) is 31.4 Å². The molecule has 0 radical (unpaired) electrons. The summed E-state index contributed by atoms with van der Waals surface area (Å²) in [6.07, 6.45) is 6.21. The van der Waals surface area contributed by atoms with Gasteiger partial charge in [0.2, 0.25) is 0 Å². The summed E-state index contributed by atoms with van der Waals surface area (Å²) in [4.78, 5) is 23.1. The van der Waals surface area contributed by atoms with Crippen LogP contribution in [0, 0.1) is 11.8 Å². The number of hydrogen-bond acceptors (Lipinski definition) is 4. The van der Waals surface area contributed by atoms with Gasteiger partial charge in [-0.15, -0.1) is 0 Å². The molecule has 1 saturated carbocycles. The predicted octanol–water partition coefficient (Wildman–Crippen LogP) is 2.48. The Hall–Kier alpha value is -1.32. The standard InChI is InChI=1S/C14H22O4/c1-10(11-7-5-4-6-8-11)9-12(13(15)17-2)14(16)18-3/h11-12H,1,4-9H2,2-3H3. The Morgan fingerprint density at radius 3 is 2.06 bits per heavy atom. The lowest BCUT2D eigenvalue weighted by Gasteiger charge is -2.25. The first-order valence-corrected chi connectivity index (χ1v) is 6.43. The lowest BCUT2D eigenvalue weighted by molar-refractivity contribution is -0.158. The molecule has 1 aliphatic rings. The minimum Gasteiger partial charge on any atom is -0.468 e. The van der Waals surface area contributed by atoms with Crippen molar-refractivity contribution in [2.75, 3.05) is 14.2 Å². The third-order valence-electron chi connectivity index (χ3n) is 3.62. The van der Waals surface area contributed by atoms with E-state index >= 15 is 0 Å². The van der Waals surface area contributed by atoms with Crippen LogP contribution in [0.25, 0.3) is 0 Å². The molecule has 0 aromatic carbocycles. The van der Waals surface area contributed by atoms with Crippen LogP contribution in [0.1, 0.15) is 38.5 Å². The highest BCUT2D eigenvalue weighted by molar-refractivity contribution is 5.95. The summed E-state index contributed by atoms with van der Waals surface area (Å²) in [6.45, 7) is 4.04. The third-order valence-corrected chi connectivity index (χ3v) is 3.62. The fourth-order valence-electron chi connectivity index (χ4n) is 2.49. The van der Waals surface area contributed by atoms with E-state index < -0.39 is 17.9 Å². The molecule has 0 aromatic rings. The first-order chi connectivity index (χ1) is 8.60. The van der Waals surface area contributed by atoms with Gasteiger partial charge in [0.1, 0.15) is 0 Å². The summed E-state index contributed by atoms with van der Waals surface area (Å²) >= 11 is 0. The van der Waals surface area contributed by atoms with E-state index in [-0.39, 0.29) is 0 Å². The summed E-state index contributed by atoms with van der Waals surface area (Å²) in [5.74, 6) is -1.53. The number of allylic oxidation sites excluding steroid dienone is 1. The van der Waals surface area contributed by atoms with Gasteiger partial charge >= 0.3 is 11.9 Å². The van der Waals surface area contributed by atoms with Crippen molar-refractivity contribution in [3.8, 4) is 0 Å². The maximum absolute atomic E-state index is 11.6. The number of rotatable bonds is 5. The molecule has 0 aromatic heterocycles. The van der Waals surface area contributed by atoms with Gasteiger partial charge < -0.3 is 9.47 Å². The first kappa shape index (κ1) is 14.7. The molecule has 0 bridgehead atoms. The van der Waals surface area contributed by atoms with E-state index in [1.165, 1.54) is 33.5 Å². The van der Waals surface area contributed by atoms with Crippen molar-refractivity contribution in [2.45, 2.75) is 38.5 Å². The molecule has 0 atom stereocenters. The minimum absolute atomic E-state index is 0.337. The second kappa shape index (κ2) is 7.19. The topological polar surface area (TPSA) is 52.6 Å². The third kappa shape index (κ3) is 3.86. The Kier molecular flexibility index (Phi) is 5.89. The highest BCUT2D eigenvalue weighted by atomic mass is 16.5. The molecule has 4 heteroatoms. The molecule has 102 valence electrons. The highest BCUT2D eigenvalue weighted by Gasteiger charge is 2.31. The van der Waals surface area contributed by atoms with Gasteiger partial charge in [-0.2, -0.15) is 0 Å². The fourth-order valence-corrected chi connectivity index (χ4v) is 2.49. The van der Waals surface area contributed by atoms with Gasteiger partial charge in [-0.25, -0.2) is 0 Å². The minimum atomic E-state index is -0.866. The van der Waals surface area contributed by atoms with Crippen LogP contribution in [0.4, 0.5) is 0 Å². The van der Waals surface area contributed by atoms with Crippen LogP contribution in [0.5, 0.6) is 0 Å². The zero-order valence-corrected chi connectivity index (χ0v) is 11.2. The summed E-state index contributed by atoms with van der Waals surface area (Å²) in [5.41, 5.74) is 0.968. The molecule has 0 heterocycles. The molecule has 1 aliphatic carbocycles. The largest absolute Gasteiger partial charge is 0.468 e. The summed E-state index contributed by atoms with van der Waals surface area (Å²) in [7, 11) is 2.56. The van der Waals surface area contributed by atoms with Gasteiger partial charge in [0.15, 0.2) is 5.92 Å². The van der Waals surface area contributed by atoms with Gasteiger partial charge in [-0.05, 0) is 25.2 Å². The zero-order chi connectivity index (χ0) is 13.5. The van der Waals surface area contributed by atoms with Crippen LogP contribution >= 0.6 is 0 Å².